The van der Waals surface area contributed by atoms with Crippen LogP contribution in [-0.2, 0) is 16.0 Å². The van der Waals surface area contributed by atoms with Gasteiger partial charge in [0.25, 0.3) is 0 Å². The number of hydrogen-bond donors (Lipinski definition) is 2. The van der Waals surface area contributed by atoms with Crippen LogP contribution < -0.4 is 5.32 Å². The van der Waals surface area contributed by atoms with E-state index in [0.29, 0.717) is 19.3 Å². The first-order valence-electron chi connectivity index (χ1n) is 6.90. The molecule has 0 aliphatic heterocycles. The van der Waals surface area contributed by atoms with Crippen LogP contribution in [0.25, 0.3) is 0 Å². The van der Waals surface area contributed by atoms with Crippen molar-refractivity contribution >= 4 is 5.91 Å². The van der Waals surface area contributed by atoms with Crippen molar-refractivity contribution in [2.75, 3.05) is 13.2 Å². The zero-order valence-corrected chi connectivity index (χ0v) is 11.1. The standard InChI is InChI=1S/C15H21NO3/c17-13-5-3-4-12(10-13)11-15(18)16-8-9-19-14-6-1-2-7-14/h3-5,10,14,17H,1-2,6-9,11H2,(H,16,18). The molecule has 2 N–H and O–H groups in total. The van der Waals surface area contributed by atoms with Crippen LogP contribution in [0.2, 0.25) is 0 Å². The summed E-state index contributed by atoms with van der Waals surface area (Å²) < 4.78 is 5.67. The quantitative estimate of drug-likeness (QED) is 0.772. The van der Waals surface area contributed by atoms with E-state index >= 15 is 0 Å². The van der Waals surface area contributed by atoms with Crippen molar-refractivity contribution in [1.82, 2.24) is 5.32 Å². The molecular formula is C15H21NO3. The Morgan fingerprint density at radius 1 is 1.37 bits per heavy atom. The fraction of sp³-hybridized carbons (Fsp3) is 0.533. The average Bonchev–Trinajstić information content (AvgIpc) is 2.88. The van der Waals surface area contributed by atoms with Crippen LogP contribution in [0.4, 0.5) is 0 Å². The van der Waals surface area contributed by atoms with Crippen molar-refractivity contribution in [3.63, 3.8) is 0 Å². The van der Waals surface area contributed by atoms with Crippen LogP contribution in [0.1, 0.15) is 31.2 Å². The fourth-order valence-electron chi connectivity index (χ4n) is 2.39. The SMILES string of the molecule is O=C(Cc1cccc(O)c1)NCCOC1CCCC1. The molecule has 0 spiro atoms. The topological polar surface area (TPSA) is 58.6 Å². The molecule has 0 aromatic heterocycles. The summed E-state index contributed by atoms with van der Waals surface area (Å²) in [6.07, 6.45) is 5.50. The average molecular weight is 263 g/mol. The van der Waals surface area contributed by atoms with Gasteiger partial charge in [0.1, 0.15) is 5.75 Å². The number of hydrogen-bond acceptors (Lipinski definition) is 3. The molecule has 0 saturated heterocycles. The van der Waals surface area contributed by atoms with Crippen molar-refractivity contribution < 1.29 is 14.6 Å². The number of benzene rings is 1. The predicted molar refractivity (Wildman–Crippen MR) is 73.0 cm³/mol. The highest BCUT2D eigenvalue weighted by Gasteiger charge is 2.14. The lowest BCUT2D eigenvalue weighted by molar-refractivity contribution is -0.120. The minimum absolute atomic E-state index is 0.0411. The highest BCUT2D eigenvalue weighted by atomic mass is 16.5. The number of nitrogens with one attached hydrogen (secondary N) is 1. The molecule has 1 aromatic carbocycles. The summed E-state index contributed by atoms with van der Waals surface area (Å²) in [6, 6.07) is 6.76. The second kappa shape index (κ2) is 7.14. The molecule has 0 heterocycles. The van der Waals surface area contributed by atoms with Crippen molar-refractivity contribution in [3.8, 4) is 5.75 Å². The third-order valence-electron chi connectivity index (χ3n) is 3.36. The van der Waals surface area contributed by atoms with Gasteiger partial charge >= 0.3 is 0 Å². The lowest BCUT2D eigenvalue weighted by atomic mass is 10.1. The van der Waals surface area contributed by atoms with Crippen molar-refractivity contribution in [2.45, 2.75) is 38.2 Å². The Kier molecular flexibility index (Phi) is 5.21. The number of amides is 1. The van der Waals surface area contributed by atoms with Crippen molar-refractivity contribution in [3.05, 3.63) is 29.8 Å². The van der Waals surface area contributed by atoms with Crippen LogP contribution in [0.3, 0.4) is 0 Å². The maximum atomic E-state index is 11.7. The van der Waals surface area contributed by atoms with Gasteiger partial charge in [-0.3, -0.25) is 4.79 Å². The highest BCUT2D eigenvalue weighted by Crippen LogP contribution is 2.20. The molecule has 0 unspecified atom stereocenters. The van der Waals surface area contributed by atoms with E-state index in [1.807, 2.05) is 6.07 Å². The van der Waals surface area contributed by atoms with E-state index < -0.39 is 0 Å². The number of aromatic hydroxyl groups is 1. The van der Waals surface area contributed by atoms with Crippen molar-refractivity contribution in [1.29, 1.82) is 0 Å². The smallest absolute Gasteiger partial charge is 0.224 e. The Labute approximate surface area is 113 Å². The molecule has 4 heteroatoms. The largest absolute Gasteiger partial charge is 0.508 e. The lowest BCUT2D eigenvalue weighted by Crippen LogP contribution is -2.29. The maximum absolute atomic E-state index is 11.7. The van der Waals surface area contributed by atoms with Gasteiger partial charge in [0.05, 0.1) is 19.1 Å². The molecule has 1 aliphatic carbocycles. The van der Waals surface area contributed by atoms with Crippen LogP contribution >= 0.6 is 0 Å². The minimum atomic E-state index is -0.0411. The first-order valence-corrected chi connectivity index (χ1v) is 6.90. The van der Waals surface area contributed by atoms with Crippen LogP contribution in [0, 0.1) is 0 Å². The minimum Gasteiger partial charge on any atom is -0.508 e. The summed E-state index contributed by atoms with van der Waals surface area (Å²) in [5.74, 6) is 0.149. The fourth-order valence-corrected chi connectivity index (χ4v) is 2.39. The second-order valence-electron chi connectivity index (χ2n) is 4.97. The van der Waals surface area contributed by atoms with Gasteiger partial charge in [-0.25, -0.2) is 0 Å². The van der Waals surface area contributed by atoms with Gasteiger partial charge < -0.3 is 15.2 Å². The Bertz CT molecular complexity index is 414. The predicted octanol–water partition coefficient (Wildman–Crippen LogP) is 2.01. The summed E-state index contributed by atoms with van der Waals surface area (Å²) in [5, 5.41) is 12.1. The Balaban J connectivity index is 1.61. The summed E-state index contributed by atoms with van der Waals surface area (Å²) >= 11 is 0. The van der Waals surface area contributed by atoms with Gasteiger partial charge in [-0.2, -0.15) is 0 Å². The number of rotatable bonds is 6. The maximum Gasteiger partial charge on any atom is 0.224 e. The number of phenolic OH excluding ortho intramolecular Hbond substituents is 1. The Morgan fingerprint density at radius 2 is 2.16 bits per heavy atom. The summed E-state index contributed by atoms with van der Waals surface area (Å²) in [6.45, 7) is 1.13. The van der Waals surface area contributed by atoms with Gasteiger partial charge in [0, 0.05) is 6.54 Å². The molecule has 2 rings (SSSR count). The molecule has 0 atom stereocenters. The molecule has 1 aliphatic rings. The first-order chi connectivity index (χ1) is 9.24. The van der Waals surface area contributed by atoms with E-state index in [-0.39, 0.29) is 18.1 Å². The van der Waals surface area contributed by atoms with E-state index in [4.69, 9.17) is 4.74 Å². The molecule has 1 fully saturated rings. The van der Waals surface area contributed by atoms with Gasteiger partial charge in [-0.15, -0.1) is 0 Å². The molecule has 0 bridgehead atoms. The van der Waals surface area contributed by atoms with Gasteiger partial charge in [0.2, 0.25) is 5.91 Å². The number of carbonyl (C=O) groups excluding carboxylic acids is 1. The second-order valence-corrected chi connectivity index (χ2v) is 4.97. The van der Waals surface area contributed by atoms with Crippen molar-refractivity contribution in [2.24, 2.45) is 0 Å². The van der Waals surface area contributed by atoms with Crippen LogP contribution in [0.5, 0.6) is 5.75 Å². The normalized spacial score (nSPS) is 15.6. The van der Waals surface area contributed by atoms with Crippen LogP contribution in [-0.4, -0.2) is 30.3 Å². The zero-order chi connectivity index (χ0) is 13.5. The molecular weight excluding hydrogens is 242 g/mol. The number of phenols is 1. The number of ether oxygens (including phenoxy) is 1. The lowest BCUT2D eigenvalue weighted by Gasteiger charge is -2.11. The van der Waals surface area contributed by atoms with E-state index in [0.717, 1.165) is 18.4 Å². The van der Waals surface area contributed by atoms with Gasteiger partial charge in [0.15, 0.2) is 0 Å². The molecule has 4 nitrogen and oxygen atoms in total. The van der Waals surface area contributed by atoms with E-state index in [2.05, 4.69) is 5.32 Å². The molecule has 19 heavy (non-hydrogen) atoms. The van der Waals surface area contributed by atoms with E-state index in [1.165, 1.54) is 12.8 Å². The monoisotopic (exact) mass is 263 g/mol. The molecule has 0 radical (unpaired) electrons. The first kappa shape index (κ1) is 13.9. The van der Waals surface area contributed by atoms with E-state index in [1.54, 1.807) is 18.2 Å². The Morgan fingerprint density at radius 3 is 2.89 bits per heavy atom. The third-order valence-corrected chi connectivity index (χ3v) is 3.36. The summed E-state index contributed by atoms with van der Waals surface area (Å²) in [5.41, 5.74) is 0.814. The Hall–Kier alpha value is -1.55. The molecule has 1 aromatic rings. The third kappa shape index (κ3) is 4.91. The summed E-state index contributed by atoms with van der Waals surface area (Å²) in [4.78, 5) is 11.7. The van der Waals surface area contributed by atoms with Gasteiger partial charge in [-0.05, 0) is 30.5 Å². The highest BCUT2D eigenvalue weighted by molar-refractivity contribution is 5.78. The van der Waals surface area contributed by atoms with Crippen LogP contribution in [0.15, 0.2) is 24.3 Å². The zero-order valence-electron chi connectivity index (χ0n) is 11.1. The van der Waals surface area contributed by atoms with Gasteiger partial charge in [-0.1, -0.05) is 25.0 Å². The molecule has 1 saturated carbocycles. The summed E-state index contributed by atoms with van der Waals surface area (Å²) in [7, 11) is 0. The molecule has 104 valence electrons. The molecule has 1 amide bonds. The van der Waals surface area contributed by atoms with E-state index in [9.17, 15) is 9.90 Å². The number of carbonyl (C=O) groups is 1.